The van der Waals surface area contributed by atoms with E-state index in [9.17, 15) is 0 Å². The number of allylic oxidation sites excluding steroid dienone is 4. The standard InChI is InChI=1S/C23H17.C17H17.C13H10.Zr/c1-4-10-18(11-5-1)21-16-22(19-12-6-2-7-13-19)23(17-21)20-14-8-3-9-15-20;1-3-12-5-7-16-14(9-12)11-15-10-13(4-2)6-8-17(15)16;1-3-7-12(8-4-1)11-13-9-5-2-6-10-13;/h1-16,21H;5-11H,3-4H2,1-2H3;1-10H;/q2*-1;;+2. The molecular formula is C53H44Zr. The number of hydrogen-bond acceptors (Lipinski definition) is 0. The van der Waals surface area contributed by atoms with Gasteiger partial charge in [-0.3, -0.25) is 0 Å². The van der Waals surface area contributed by atoms with E-state index in [1.807, 2.05) is 0 Å². The molecule has 0 aliphatic heterocycles. The molecule has 0 spiro atoms. The summed E-state index contributed by atoms with van der Waals surface area (Å²) in [6.07, 6.45) is 8.24. The molecule has 0 radical (unpaired) electrons. The Morgan fingerprint density at radius 2 is 0.944 bits per heavy atom. The van der Waals surface area contributed by atoms with Gasteiger partial charge in [-0.15, -0.1) is 69.1 Å². The summed E-state index contributed by atoms with van der Waals surface area (Å²) in [5.74, 6) is 0.210. The third-order valence-corrected chi connectivity index (χ3v) is 11.4. The van der Waals surface area contributed by atoms with Crippen molar-refractivity contribution in [3.8, 4) is 0 Å². The summed E-state index contributed by atoms with van der Waals surface area (Å²) in [5, 5.41) is 5.54. The first-order chi connectivity index (χ1) is 26.6. The van der Waals surface area contributed by atoms with Crippen LogP contribution in [0.3, 0.4) is 0 Å². The molecule has 0 saturated heterocycles. The fourth-order valence-corrected chi connectivity index (χ4v) is 7.82. The SMILES string of the molecule is CCc1ccc2c(c1)[cH-]c1cc(CC)ccc12.[C-]1=C(c2ccccc2)C(c2ccccc2)=CC1c1ccccc1.[Zr+2]=[C](c1ccccc1)c1ccccc1. The molecule has 1 unspecified atom stereocenters. The van der Waals surface area contributed by atoms with Crippen molar-refractivity contribution >= 4 is 35.9 Å². The van der Waals surface area contributed by atoms with E-state index in [0.29, 0.717) is 0 Å². The molecule has 1 aliphatic carbocycles. The quantitative estimate of drug-likeness (QED) is 0.142. The van der Waals surface area contributed by atoms with Crippen LogP contribution in [0.1, 0.15) is 58.7 Å². The molecule has 0 fully saturated rings. The molecule has 0 aromatic heterocycles. The van der Waals surface area contributed by atoms with E-state index >= 15 is 0 Å². The average molecular weight is 772 g/mol. The van der Waals surface area contributed by atoms with Crippen LogP contribution < -0.4 is 0 Å². The van der Waals surface area contributed by atoms with Crippen LogP contribution in [0.25, 0.3) is 32.7 Å². The molecule has 0 saturated carbocycles. The Hall–Kier alpha value is -5.36. The molecule has 1 heteroatoms. The minimum absolute atomic E-state index is 0.210. The molecular weight excluding hydrogens is 728 g/mol. The van der Waals surface area contributed by atoms with Gasteiger partial charge in [-0.1, -0.05) is 139 Å². The van der Waals surface area contributed by atoms with Gasteiger partial charge in [-0.2, -0.15) is 11.6 Å². The zero-order valence-corrected chi connectivity index (χ0v) is 33.5. The molecule has 9 rings (SSSR count). The van der Waals surface area contributed by atoms with Gasteiger partial charge in [0.25, 0.3) is 0 Å². The second-order valence-corrected chi connectivity index (χ2v) is 14.8. The summed E-state index contributed by atoms with van der Waals surface area (Å²) in [4.78, 5) is 0. The maximum atomic E-state index is 3.70. The van der Waals surface area contributed by atoms with E-state index in [4.69, 9.17) is 0 Å². The normalized spacial score (nSPS) is 13.3. The van der Waals surface area contributed by atoms with E-state index in [0.717, 1.165) is 12.8 Å². The van der Waals surface area contributed by atoms with Gasteiger partial charge in [0.05, 0.1) is 0 Å². The summed E-state index contributed by atoms with van der Waals surface area (Å²) in [5.41, 5.74) is 11.7. The van der Waals surface area contributed by atoms with E-state index in [1.54, 1.807) is 0 Å². The molecule has 54 heavy (non-hydrogen) atoms. The van der Waals surface area contributed by atoms with Crippen LogP contribution in [0, 0.1) is 6.08 Å². The molecule has 1 atom stereocenters. The third kappa shape index (κ3) is 8.87. The summed E-state index contributed by atoms with van der Waals surface area (Å²) < 4.78 is 1.42. The predicted octanol–water partition coefficient (Wildman–Crippen LogP) is 13.4. The van der Waals surface area contributed by atoms with Gasteiger partial charge in [0.15, 0.2) is 0 Å². The predicted molar refractivity (Wildman–Crippen MR) is 229 cm³/mol. The number of hydrogen-bond donors (Lipinski definition) is 0. The Kier molecular flexibility index (Phi) is 12.4. The van der Waals surface area contributed by atoms with Crippen molar-refractivity contribution in [2.45, 2.75) is 32.6 Å². The van der Waals surface area contributed by atoms with Crippen LogP contribution in [-0.2, 0) is 37.1 Å². The first-order valence-corrected chi connectivity index (χ1v) is 20.2. The first-order valence-electron chi connectivity index (χ1n) is 18.9. The van der Waals surface area contributed by atoms with E-state index < -0.39 is 0 Å². The molecule has 0 amide bonds. The van der Waals surface area contributed by atoms with Crippen LogP contribution in [0.4, 0.5) is 0 Å². The van der Waals surface area contributed by atoms with Gasteiger partial charge in [-0.05, 0) is 18.8 Å². The zero-order chi connectivity index (χ0) is 37.1. The van der Waals surface area contributed by atoms with Crippen LogP contribution >= 0.6 is 0 Å². The Balaban J connectivity index is 0.000000130. The first kappa shape index (κ1) is 37.0. The summed E-state index contributed by atoms with van der Waals surface area (Å²) in [6.45, 7) is 4.41. The van der Waals surface area contributed by atoms with Crippen LogP contribution in [0.5, 0.6) is 0 Å². The van der Waals surface area contributed by atoms with Gasteiger partial charge in [-0.25, -0.2) is 0 Å². The summed E-state index contributed by atoms with van der Waals surface area (Å²) in [7, 11) is 0. The number of benzene rings is 7. The molecule has 0 nitrogen and oxygen atoms in total. The topological polar surface area (TPSA) is 0 Å². The van der Waals surface area contributed by atoms with Gasteiger partial charge in [0.2, 0.25) is 0 Å². The van der Waals surface area contributed by atoms with Crippen molar-refractivity contribution in [1.82, 2.24) is 0 Å². The van der Waals surface area contributed by atoms with Gasteiger partial charge in [0, 0.05) is 0 Å². The fourth-order valence-electron chi connectivity index (χ4n) is 7.00. The Morgan fingerprint density at radius 3 is 1.41 bits per heavy atom. The number of rotatable bonds is 7. The van der Waals surface area contributed by atoms with Crippen molar-refractivity contribution in [2.24, 2.45) is 0 Å². The van der Waals surface area contributed by atoms with Crippen molar-refractivity contribution in [3.05, 3.63) is 245 Å². The maximum absolute atomic E-state index is 3.70. The van der Waals surface area contributed by atoms with Crippen molar-refractivity contribution in [1.29, 1.82) is 0 Å². The summed E-state index contributed by atoms with van der Waals surface area (Å²) in [6, 6.07) is 68.8. The zero-order valence-electron chi connectivity index (χ0n) is 31.0. The van der Waals surface area contributed by atoms with Gasteiger partial charge < -0.3 is 0 Å². The summed E-state index contributed by atoms with van der Waals surface area (Å²) >= 11 is 1.46. The molecule has 8 aromatic rings. The second kappa shape index (κ2) is 18.1. The van der Waals surface area contributed by atoms with Gasteiger partial charge >= 0.3 is 99.2 Å². The molecule has 0 bridgehead atoms. The molecule has 0 N–H and O–H groups in total. The Bertz CT molecular complexity index is 2330. The third-order valence-electron chi connectivity index (χ3n) is 9.98. The molecule has 1 aliphatic rings. The van der Waals surface area contributed by atoms with E-state index in [2.05, 4.69) is 220 Å². The van der Waals surface area contributed by atoms with Crippen molar-refractivity contribution < 1.29 is 24.2 Å². The van der Waals surface area contributed by atoms with Gasteiger partial charge in [0.1, 0.15) is 0 Å². The number of fused-ring (bicyclic) bond motifs is 3. The Labute approximate surface area is 335 Å². The van der Waals surface area contributed by atoms with Crippen LogP contribution in [0.15, 0.2) is 200 Å². The van der Waals surface area contributed by atoms with Crippen molar-refractivity contribution in [2.75, 3.05) is 0 Å². The fraction of sp³-hybridized carbons (Fsp3) is 0.0943. The monoisotopic (exact) mass is 770 g/mol. The van der Waals surface area contributed by atoms with Crippen LogP contribution in [-0.4, -0.2) is 3.21 Å². The van der Waals surface area contributed by atoms with E-state index in [1.165, 1.54) is 99.1 Å². The van der Waals surface area contributed by atoms with E-state index in [-0.39, 0.29) is 5.92 Å². The molecule has 8 aromatic carbocycles. The average Bonchev–Trinajstić information content (AvgIpc) is 3.87. The minimum atomic E-state index is 0.210. The second-order valence-electron chi connectivity index (χ2n) is 13.5. The Morgan fingerprint density at radius 1 is 0.519 bits per heavy atom. The number of aryl methyl sites for hydroxylation is 2. The van der Waals surface area contributed by atoms with Crippen molar-refractivity contribution in [3.63, 3.8) is 0 Å². The van der Waals surface area contributed by atoms with Crippen LogP contribution in [0.2, 0.25) is 0 Å². The molecule has 260 valence electrons. The molecule has 0 heterocycles.